The normalized spacial score (nSPS) is 30.5. The summed E-state index contributed by atoms with van der Waals surface area (Å²) in [7, 11) is 0. The standard InChI is InChI=1S/C11H15ClN2O/c1-6-4-7(2)11(3,10(13)14)5-8(6)9(12)15/h4-5,7H,1-3H3,(H3,13,14). The van der Waals surface area contributed by atoms with Gasteiger partial charge < -0.3 is 5.73 Å². The molecule has 4 heteroatoms. The summed E-state index contributed by atoms with van der Waals surface area (Å²) >= 11 is 5.47. The molecule has 2 unspecified atom stereocenters. The summed E-state index contributed by atoms with van der Waals surface area (Å²) in [5.74, 6) is 0.143. The minimum atomic E-state index is -0.612. The van der Waals surface area contributed by atoms with Gasteiger partial charge in [-0.2, -0.15) is 0 Å². The van der Waals surface area contributed by atoms with E-state index in [2.05, 4.69) is 0 Å². The second kappa shape index (κ2) is 3.81. The van der Waals surface area contributed by atoms with E-state index in [-0.39, 0.29) is 11.8 Å². The van der Waals surface area contributed by atoms with Crippen molar-refractivity contribution in [2.75, 3.05) is 0 Å². The van der Waals surface area contributed by atoms with Crippen molar-refractivity contribution in [2.45, 2.75) is 20.8 Å². The molecular weight excluding hydrogens is 212 g/mol. The minimum Gasteiger partial charge on any atom is -0.387 e. The van der Waals surface area contributed by atoms with Gasteiger partial charge in [-0.05, 0) is 36.9 Å². The van der Waals surface area contributed by atoms with Gasteiger partial charge in [0.05, 0.1) is 0 Å². The number of carbonyl (C=O) groups is 1. The molecule has 3 N–H and O–H groups in total. The Labute approximate surface area is 94.5 Å². The van der Waals surface area contributed by atoms with Crippen LogP contribution in [0.25, 0.3) is 0 Å². The lowest BCUT2D eigenvalue weighted by molar-refractivity contribution is -0.108. The highest BCUT2D eigenvalue weighted by atomic mass is 35.5. The van der Waals surface area contributed by atoms with Crippen LogP contribution in [-0.2, 0) is 4.79 Å². The molecule has 2 atom stereocenters. The largest absolute Gasteiger partial charge is 0.387 e. The molecule has 82 valence electrons. The maximum absolute atomic E-state index is 11.2. The Balaban J connectivity index is 3.26. The molecule has 0 fully saturated rings. The molecule has 1 rings (SSSR count). The highest BCUT2D eigenvalue weighted by Crippen LogP contribution is 2.38. The maximum atomic E-state index is 11.2. The number of hydrogen-bond donors (Lipinski definition) is 2. The maximum Gasteiger partial charge on any atom is 0.252 e. The number of rotatable bonds is 2. The molecule has 3 nitrogen and oxygen atoms in total. The topological polar surface area (TPSA) is 66.9 Å². The third kappa shape index (κ3) is 1.97. The molecule has 0 aromatic rings. The lowest BCUT2D eigenvalue weighted by atomic mass is 9.71. The number of carbonyl (C=O) groups excluding carboxylic acids is 1. The highest BCUT2D eigenvalue weighted by Gasteiger charge is 2.35. The van der Waals surface area contributed by atoms with Crippen LogP contribution >= 0.6 is 11.6 Å². The Morgan fingerprint density at radius 3 is 2.60 bits per heavy atom. The Kier molecular flexibility index (Phi) is 3.05. The molecule has 0 spiro atoms. The monoisotopic (exact) mass is 226 g/mol. The van der Waals surface area contributed by atoms with Gasteiger partial charge in [0.15, 0.2) is 0 Å². The molecular formula is C11H15ClN2O. The second-order valence-corrected chi connectivity index (χ2v) is 4.51. The smallest absolute Gasteiger partial charge is 0.252 e. The molecule has 0 aromatic carbocycles. The summed E-state index contributed by atoms with van der Waals surface area (Å²) in [6.07, 6.45) is 3.63. The fourth-order valence-corrected chi connectivity index (χ4v) is 1.92. The second-order valence-electron chi connectivity index (χ2n) is 4.17. The van der Waals surface area contributed by atoms with Gasteiger partial charge in [-0.1, -0.05) is 19.1 Å². The summed E-state index contributed by atoms with van der Waals surface area (Å²) in [4.78, 5) is 11.2. The summed E-state index contributed by atoms with van der Waals surface area (Å²) in [5, 5.41) is 7.07. The lowest BCUT2D eigenvalue weighted by Crippen LogP contribution is -2.39. The average molecular weight is 227 g/mol. The molecule has 0 radical (unpaired) electrons. The zero-order valence-corrected chi connectivity index (χ0v) is 9.85. The molecule has 0 amide bonds. The van der Waals surface area contributed by atoms with Gasteiger partial charge in [0.25, 0.3) is 5.24 Å². The van der Waals surface area contributed by atoms with Gasteiger partial charge in [0, 0.05) is 11.0 Å². The van der Waals surface area contributed by atoms with Crippen LogP contribution in [0, 0.1) is 16.7 Å². The van der Waals surface area contributed by atoms with E-state index in [9.17, 15) is 4.79 Å². The van der Waals surface area contributed by atoms with E-state index in [1.807, 2.05) is 26.8 Å². The van der Waals surface area contributed by atoms with Crippen LogP contribution in [0.4, 0.5) is 0 Å². The quantitative estimate of drug-likeness (QED) is 0.431. The Morgan fingerprint density at radius 1 is 1.67 bits per heavy atom. The first-order chi connectivity index (χ1) is 6.79. The van der Waals surface area contributed by atoms with E-state index in [0.29, 0.717) is 5.57 Å². The van der Waals surface area contributed by atoms with Crippen molar-refractivity contribution < 1.29 is 4.79 Å². The number of nitrogens with one attached hydrogen (secondary N) is 1. The van der Waals surface area contributed by atoms with Gasteiger partial charge in [-0.25, -0.2) is 0 Å². The zero-order valence-electron chi connectivity index (χ0n) is 9.10. The van der Waals surface area contributed by atoms with Crippen LogP contribution < -0.4 is 5.73 Å². The highest BCUT2D eigenvalue weighted by molar-refractivity contribution is 6.68. The van der Waals surface area contributed by atoms with Crippen molar-refractivity contribution in [1.82, 2.24) is 0 Å². The summed E-state index contributed by atoms with van der Waals surface area (Å²) in [6.45, 7) is 5.64. The van der Waals surface area contributed by atoms with E-state index in [4.69, 9.17) is 22.7 Å². The number of halogens is 1. The molecule has 0 saturated heterocycles. The number of amidine groups is 1. The third-order valence-electron chi connectivity index (χ3n) is 3.11. The van der Waals surface area contributed by atoms with Crippen LogP contribution in [0.3, 0.4) is 0 Å². The van der Waals surface area contributed by atoms with Gasteiger partial charge in [-0.15, -0.1) is 0 Å². The van der Waals surface area contributed by atoms with Crippen molar-refractivity contribution in [3.63, 3.8) is 0 Å². The molecule has 0 heterocycles. The summed E-state index contributed by atoms with van der Waals surface area (Å²) in [6, 6.07) is 0. The average Bonchev–Trinajstić information content (AvgIpc) is 2.10. The summed E-state index contributed by atoms with van der Waals surface area (Å²) in [5.41, 5.74) is 6.24. The van der Waals surface area contributed by atoms with Crippen LogP contribution in [0.15, 0.2) is 23.3 Å². The van der Waals surface area contributed by atoms with Crippen LogP contribution in [0.5, 0.6) is 0 Å². The third-order valence-corrected chi connectivity index (χ3v) is 3.31. The van der Waals surface area contributed by atoms with Gasteiger partial charge in [0.2, 0.25) is 0 Å². The van der Waals surface area contributed by atoms with Gasteiger partial charge in [-0.3, -0.25) is 10.2 Å². The van der Waals surface area contributed by atoms with E-state index in [0.717, 1.165) is 5.57 Å². The predicted octanol–water partition coefficient (Wildman–Crippen LogP) is 2.22. The van der Waals surface area contributed by atoms with Crippen molar-refractivity contribution in [2.24, 2.45) is 17.1 Å². The van der Waals surface area contributed by atoms with Crippen molar-refractivity contribution in [1.29, 1.82) is 5.41 Å². The van der Waals surface area contributed by atoms with Crippen LogP contribution in [-0.4, -0.2) is 11.1 Å². The fraction of sp³-hybridized carbons (Fsp3) is 0.455. The Morgan fingerprint density at radius 2 is 2.20 bits per heavy atom. The van der Waals surface area contributed by atoms with Gasteiger partial charge >= 0.3 is 0 Å². The molecule has 1 aliphatic rings. The van der Waals surface area contributed by atoms with Crippen molar-refractivity contribution in [3.05, 3.63) is 23.3 Å². The number of nitrogens with two attached hydrogens (primary N) is 1. The minimum absolute atomic E-state index is 0.0502. The molecule has 1 aliphatic carbocycles. The molecule has 0 aromatic heterocycles. The predicted molar refractivity (Wildman–Crippen MR) is 61.9 cm³/mol. The Hall–Kier alpha value is -1.09. The SMILES string of the molecule is CC1=CC(C)C(C)(C(=N)N)C=C1C(=O)Cl. The zero-order chi connectivity index (χ0) is 11.8. The lowest BCUT2D eigenvalue weighted by Gasteiger charge is -2.34. The van der Waals surface area contributed by atoms with E-state index in [1.54, 1.807) is 6.08 Å². The first-order valence-corrected chi connectivity index (χ1v) is 5.13. The molecule has 0 bridgehead atoms. The Bertz CT molecular complexity index is 384. The van der Waals surface area contributed by atoms with E-state index >= 15 is 0 Å². The van der Waals surface area contributed by atoms with E-state index in [1.165, 1.54) is 0 Å². The van der Waals surface area contributed by atoms with Crippen molar-refractivity contribution >= 4 is 22.7 Å². The van der Waals surface area contributed by atoms with Gasteiger partial charge in [0.1, 0.15) is 5.84 Å². The first-order valence-electron chi connectivity index (χ1n) is 4.75. The first kappa shape index (κ1) is 12.0. The summed E-state index contributed by atoms with van der Waals surface area (Å²) < 4.78 is 0. The van der Waals surface area contributed by atoms with Crippen LogP contribution in [0.1, 0.15) is 20.8 Å². The molecule has 15 heavy (non-hydrogen) atoms. The van der Waals surface area contributed by atoms with Crippen molar-refractivity contribution in [3.8, 4) is 0 Å². The molecule has 0 aliphatic heterocycles. The molecule has 0 saturated carbocycles. The van der Waals surface area contributed by atoms with Crippen LogP contribution in [0.2, 0.25) is 0 Å². The number of hydrogen-bond acceptors (Lipinski definition) is 2. The fourth-order valence-electron chi connectivity index (χ4n) is 1.72. The number of allylic oxidation sites excluding steroid dienone is 3. The van der Waals surface area contributed by atoms with E-state index < -0.39 is 10.7 Å².